The summed E-state index contributed by atoms with van der Waals surface area (Å²) in [6.45, 7) is 5.97. The molecule has 5 heteroatoms. The first kappa shape index (κ1) is 16.3. The highest BCUT2D eigenvalue weighted by molar-refractivity contribution is 5.80. The zero-order valence-corrected chi connectivity index (χ0v) is 13.4. The maximum atomic E-state index is 11.8. The number of amides is 2. The second-order valence-corrected chi connectivity index (χ2v) is 5.75. The highest BCUT2D eigenvalue weighted by Gasteiger charge is 2.17. The number of benzene rings is 1. The van der Waals surface area contributed by atoms with Gasteiger partial charge in [-0.15, -0.1) is 0 Å². The Kier molecular flexibility index (Phi) is 5.81. The fourth-order valence-corrected chi connectivity index (χ4v) is 2.49. The van der Waals surface area contributed by atoms with Gasteiger partial charge in [-0.25, -0.2) is 0 Å². The number of ether oxygens (including phenoxy) is 1. The van der Waals surface area contributed by atoms with Gasteiger partial charge in [0.25, 0.3) is 5.91 Å². The Bertz CT molecular complexity index is 537. The van der Waals surface area contributed by atoms with E-state index in [1.165, 1.54) is 0 Å². The molecule has 120 valence electrons. The Balaban J connectivity index is 1.67. The quantitative estimate of drug-likeness (QED) is 0.872. The molecule has 0 unspecified atom stereocenters. The lowest BCUT2D eigenvalue weighted by Gasteiger charge is -2.15. The Morgan fingerprint density at radius 2 is 1.95 bits per heavy atom. The Labute approximate surface area is 131 Å². The van der Waals surface area contributed by atoms with E-state index in [1.807, 2.05) is 36.9 Å². The van der Waals surface area contributed by atoms with Gasteiger partial charge in [0, 0.05) is 26.1 Å². The lowest BCUT2D eigenvalue weighted by molar-refractivity contribution is -0.130. The molecule has 0 aliphatic carbocycles. The average Bonchev–Trinajstić information content (AvgIpc) is 3.02. The van der Waals surface area contributed by atoms with Crippen LogP contribution < -0.4 is 10.1 Å². The number of hydrogen-bond acceptors (Lipinski definition) is 3. The molecule has 1 heterocycles. The second kappa shape index (κ2) is 7.82. The number of nitrogens with one attached hydrogen (secondary N) is 1. The van der Waals surface area contributed by atoms with Crippen molar-refractivity contribution >= 4 is 11.8 Å². The van der Waals surface area contributed by atoms with Gasteiger partial charge >= 0.3 is 0 Å². The monoisotopic (exact) mass is 304 g/mol. The van der Waals surface area contributed by atoms with Crippen molar-refractivity contribution in [2.75, 3.05) is 26.2 Å². The van der Waals surface area contributed by atoms with Crippen molar-refractivity contribution in [1.29, 1.82) is 0 Å². The number of aryl methyl sites for hydroxylation is 2. The van der Waals surface area contributed by atoms with E-state index in [2.05, 4.69) is 5.32 Å². The number of carbonyl (C=O) groups is 2. The van der Waals surface area contributed by atoms with Crippen LogP contribution in [0, 0.1) is 13.8 Å². The molecule has 0 saturated carbocycles. The molecule has 0 spiro atoms. The standard InChI is InChI=1S/C17H24N2O3/c1-13-5-6-14(2)15(11-13)22-12-16(20)18-8-7-17(21)19-9-3-4-10-19/h5-6,11H,3-4,7-10,12H2,1-2H3,(H,18,20). The maximum Gasteiger partial charge on any atom is 0.257 e. The van der Waals surface area contributed by atoms with E-state index >= 15 is 0 Å². The van der Waals surface area contributed by atoms with E-state index in [0.717, 1.165) is 42.8 Å². The molecule has 22 heavy (non-hydrogen) atoms. The van der Waals surface area contributed by atoms with Crippen molar-refractivity contribution in [3.8, 4) is 5.75 Å². The van der Waals surface area contributed by atoms with Gasteiger partial charge < -0.3 is 15.0 Å². The normalized spacial score (nSPS) is 14.0. The first-order valence-electron chi connectivity index (χ1n) is 7.81. The minimum atomic E-state index is -0.199. The summed E-state index contributed by atoms with van der Waals surface area (Å²) in [7, 11) is 0. The van der Waals surface area contributed by atoms with Gasteiger partial charge in [-0.05, 0) is 43.9 Å². The van der Waals surface area contributed by atoms with E-state index in [1.54, 1.807) is 0 Å². The number of rotatable bonds is 6. The smallest absolute Gasteiger partial charge is 0.257 e. The third-order valence-corrected chi connectivity index (χ3v) is 3.82. The topological polar surface area (TPSA) is 58.6 Å². The van der Waals surface area contributed by atoms with E-state index in [4.69, 9.17) is 4.74 Å². The Morgan fingerprint density at radius 3 is 2.68 bits per heavy atom. The predicted molar refractivity (Wildman–Crippen MR) is 84.9 cm³/mol. The summed E-state index contributed by atoms with van der Waals surface area (Å²) < 4.78 is 5.53. The first-order chi connectivity index (χ1) is 10.6. The summed E-state index contributed by atoms with van der Waals surface area (Å²) in [4.78, 5) is 25.4. The minimum absolute atomic E-state index is 0.0256. The fraction of sp³-hybridized carbons (Fsp3) is 0.529. The number of likely N-dealkylation sites (tertiary alicyclic amines) is 1. The minimum Gasteiger partial charge on any atom is -0.483 e. The molecule has 1 aromatic rings. The third kappa shape index (κ3) is 4.76. The van der Waals surface area contributed by atoms with Crippen LogP contribution >= 0.6 is 0 Å². The number of nitrogens with zero attached hydrogens (tertiary/aromatic N) is 1. The molecule has 0 radical (unpaired) electrons. The predicted octanol–water partition coefficient (Wildman–Crippen LogP) is 1.81. The molecule has 0 aromatic heterocycles. The van der Waals surface area contributed by atoms with Gasteiger partial charge in [-0.3, -0.25) is 9.59 Å². The summed E-state index contributed by atoms with van der Waals surface area (Å²) in [6.07, 6.45) is 2.53. The number of carbonyl (C=O) groups excluding carboxylic acids is 2. The van der Waals surface area contributed by atoms with Gasteiger partial charge in [-0.1, -0.05) is 12.1 Å². The Morgan fingerprint density at radius 1 is 1.23 bits per heavy atom. The summed E-state index contributed by atoms with van der Waals surface area (Å²) in [5.74, 6) is 0.645. The molecule has 1 N–H and O–H groups in total. The van der Waals surface area contributed by atoms with Gasteiger partial charge in [0.2, 0.25) is 5.91 Å². The highest BCUT2D eigenvalue weighted by atomic mass is 16.5. The lowest BCUT2D eigenvalue weighted by atomic mass is 10.1. The average molecular weight is 304 g/mol. The van der Waals surface area contributed by atoms with Crippen LogP contribution in [0.15, 0.2) is 18.2 Å². The lowest BCUT2D eigenvalue weighted by Crippen LogP contribution is -2.34. The van der Waals surface area contributed by atoms with Crippen LogP contribution in [0.5, 0.6) is 5.75 Å². The second-order valence-electron chi connectivity index (χ2n) is 5.75. The summed E-state index contributed by atoms with van der Waals surface area (Å²) in [6, 6.07) is 5.89. The van der Waals surface area contributed by atoms with E-state index < -0.39 is 0 Å². The molecular formula is C17H24N2O3. The van der Waals surface area contributed by atoms with Crippen LogP contribution in [-0.2, 0) is 9.59 Å². The molecule has 1 fully saturated rings. The zero-order chi connectivity index (χ0) is 15.9. The molecule has 2 rings (SSSR count). The summed E-state index contributed by atoms with van der Waals surface area (Å²) in [5, 5.41) is 2.73. The highest BCUT2D eigenvalue weighted by Crippen LogP contribution is 2.18. The number of hydrogen-bond donors (Lipinski definition) is 1. The molecule has 0 atom stereocenters. The molecule has 1 saturated heterocycles. The van der Waals surface area contributed by atoms with Crippen LogP contribution in [-0.4, -0.2) is 43.0 Å². The maximum absolute atomic E-state index is 11.8. The molecule has 0 bridgehead atoms. The van der Waals surface area contributed by atoms with Gasteiger partial charge in [0.15, 0.2) is 6.61 Å². The Hall–Kier alpha value is -2.04. The van der Waals surface area contributed by atoms with Crippen molar-refractivity contribution in [2.45, 2.75) is 33.1 Å². The fourth-order valence-electron chi connectivity index (χ4n) is 2.49. The molecule has 5 nitrogen and oxygen atoms in total. The summed E-state index contributed by atoms with van der Waals surface area (Å²) in [5.41, 5.74) is 2.10. The van der Waals surface area contributed by atoms with E-state index in [9.17, 15) is 9.59 Å². The van der Waals surface area contributed by atoms with Crippen molar-refractivity contribution in [3.05, 3.63) is 29.3 Å². The first-order valence-corrected chi connectivity index (χ1v) is 7.81. The van der Waals surface area contributed by atoms with Crippen LogP contribution in [0.4, 0.5) is 0 Å². The molecule has 1 aromatic carbocycles. The van der Waals surface area contributed by atoms with Crippen LogP contribution in [0.3, 0.4) is 0 Å². The van der Waals surface area contributed by atoms with Gasteiger partial charge in [-0.2, -0.15) is 0 Å². The van der Waals surface area contributed by atoms with Crippen LogP contribution in [0.2, 0.25) is 0 Å². The SMILES string of the molecule is Cc1ccc(C)c(OCC(=O)NCCC(=O)N2CCCC2)c1. The largest absolute Gasteiger partial charge is 0.483 e. The summed E-state index contributed by atoms with van der Waals surface area (Å²) >= 11 is 0. The van der Waals surface area contributed by atoms with Crippen molar-refractivity contribution in [3.63, 3.8) is 0 Å². The molecule has 1 aliphatic heterocycles. The third-order valence-electron chi connectivity index (χ3n) is 3.82. The molecular weight excluding hydrogens is 280 g/mol. The molecule has 2 amide bonds. The van der Waals surface area contributed by atoms with Crippen LogP contribution in [0.25, 0.3) is 0 Å². The van der Waals surface area contributed by atoms with E-state index in [-0.39, 0.29) is 18.4 Å². The molecule has 1 aliphatic rings. The van der Waals surface area contributed by atoms with Crippen molar-refractivity contribution in [1.82, 2.24) is 10.2 Å². The van der Waals surface area contributed by atoms with Crippen molar-refractivity contribution < 1.29 is 14.3 Å². The van der Waals surface area contributed by atoms with Gasteiger partial charge in [0.05, 0.1) is 0 Å². The van der Waals surface area contributed by atoms with Crippen LogP contribution in [0.1, 0.15) is 30.4 Å². The van der Waals surface area contributed by atoms with E-state index in [0.29, 0.717) is 13.0 Å². The van der Waals surface area contributed by atoms with Crippen molar-refractivity contribution in [2.24, 2.45) is 0 Å². The van der Waals surface area contributed by atoms with Gasteiger partial charge in [0.1, 0.15) is 5.75 Å². The zero-order valence-electron chi connectivity index (χ0n) is 13.4.